The number of carbonyl (C=O) groups is 1. The highest BCUT2D eigenvalue weighted by atomic mass is 35.5. The van der Waals surface area contributed by atoms with Gasteiger partial charge in [-0.05, 0) is 55.7 Å². The van der Waals surface area contributed by atoms with Crippen LogP contribution in [0.5, 0.6) is 5.75 Å². The van der Waals surface area contributed by atoms with Crippen molar-refractivity contribution in [3.63, 3.8) is 0 Å². The van der Waals surface area contributed by atoms with Crippen LogP contribution in [-0.2, 0) is 14.8 Å². The number of sulfonamides is 1. The number of piperidine rings is 1. The number of nitrogens with zero attached hydrogens (tertiary/aromatic N) is 1. The van der Waals surface area contributed by atoms with Crippen LogP contribution in [0.15, 0.2) is 41.3 Å². The summed E-state index contributed by atoms with van der Waals surface area (Å²) in [6.07, 6.45) is 0.510. The summed E-state index contributed by atoms with van der Waals surface area (Å²) in [6, 6.07) is 7.54. The van der Waals surface area contributed by atoms with Gasteiger partial charge < -0.3 is 4.74 Å². The van der Waals surface area contributed by atoms with E-state index in [-0.39, 0.29) is 36.6 Å². The first-order valence-corrected chi connectivity index (χ1v) is 10.4. The smallest absolute Gasteiger partial charge is 0.314 e. The van der Waals surface area contributed by atoms with Gasteiger partial charge in [0.25, 0.3) is 0 Å². The first-order chi connectivity index (χ1) is 13.2. The molecule has 0 unspecified atom stereocenters. The number of rotatable bonds is 4. The third-order valence-corrected chi connectivity index (χ3v) is 6.82. The maximum absolute atomic E-state index is 13.4. The Hall–Kier alpha value is -2.03. The van der Waals surface area contributed by atoms with Crippen LogP contribution >= 0.6 is 11.6 Å². The van der Waals surface area contributed by atoms with Crippen LogP contribution in [0.1, 0.15) is 18.4 Å². The number of hydrogen-bond acceptors (Lipinski definition) is 4. The normalized spacial score (nSPS) is 16.1. The number of halogens is 3. The van der Waals surface area contributed by atoms with Crippen LogP contribution in [0.3, 0.4) is 0 Å². The molecule has 0 N–H and O–H groups in total. The molecule has 0 saturated carbocycles. The largest absolute Gasteiger partial charge is 0.425 e. The molecule has 2 aromatic carbocycles. The molecule has 2 aromatic rings. The summed E-state index contributed by atoms with van der Waals surface area (Å²) in [5.74, 6) is -3.03. The lowest BCUT2D eigenvalue weighted by atomic mass is 9.98. The highest BCUT2D eigenvalue weighted by Crippen LogP contribution is 2.29. The van der Waals surface area contributed by atoms with Gasteiger partial charge in [-0.2, -0.15) is 4.31 Å². The Morgan fingerprint density at radius 2 is 1.79 bits per heavy atom. The van der Waals surface area contributed by atoms with Gasteiger partial charge in [0, 0.05) is 13.1 Å². The van der Waals surface area contributed by atoms with Crippen LogP contribution in [-0.4, -0.2) is 31.8 Å². The van der Waals surface area contributed by atoms with E-state index >= 15 is 0 Å². The number of hydrogen-bond donors (Lipinski definition) is 0. The second-order valence-electron chi connectivity index (χ2n) is 6.61. The van der Waals surface area contributed by atoms with E-state index in [1.807, 2.05) is 6.92 Å². The van der Waals surface area contributed by atoms with Gasteiger partial charge in [-0.3, -0.25) is 4.79 Å². The van der Waals surface area contributed by atoms with Gasteiger partial charge in [0.2, 0.25) is 10.0 Å². The van der Waals surface area contributed by atoms with Gasteiger partial charge in [-0.15, -0.1) is 0 Å². The molecule has 1 aliphatic heterocycles. The molecule has 28 heavy (non-hydrogen) atoms. The van der Waals surface area contributed by atoms with Crippen molar-refractivity contribution in [2.24, 2.45) is 5.92 Å². The number of ether oxygens (including phenoxy) is 1. The lowest BCUT2D eigenvalue weighted by Gasteiger charge is -2.30. The maximum atomic E-state index is 13.4. The minimum atomic E-state index is -3.97. The number of benzene rings is 2. The average molecular weight is 430 g/mol. The predicted molar refractivity (Wildman–Crippen MR) is 99.7 cm³/mol. The van der Waals surface area contributed by atoms with E-state index in [2.05, 4.69) is 0 Å². The van der Waals surface area contributed by atoms with Gasteiger partial charge in [-0.1, -0.05) is 17.7 Å². The molecule has 0 amide bonds. The lowest BCUT2D eigenvalue weighted by Crippen LogP contribution is -2.41. The zero-order chi connectivity index (χ0) is 20.5. The van der Waals surface area contributed by atoms with Gasteiger partial charge >= 0.3 is 5.97 Å². The van der Waals surface area contributed by atoms with Gasteiger partial charge in [0.05, 0.1) is 15.8 Å². The summed E-state index contributed by atoms with van der Waals surface area (Å²) in [6.45, 7) is 1.99. The third-order valence-electron chi connectivity index (χ3n) is 4.61. The zero-order valence-corrected chi connectivity index (χ0v) is 16.6. The molecule has 1 fully saturated rings. The molecule has 0 aliphatic carbocycles. The summed E-state index contributed by atoms with van der Waals surface area (Å²) in [5.41, 5.74) is 0.889. The number of aryl methyl sites for hydroxylation is 1. The molecule has 0 radical (unpaired) electrons. The predicted octanol–water partition coefficient (Wildman–Crippen LogP) is 3.93. The molecule has 5 nitrogen and oxygen atoms in total. The minimum Gasteiger partial charge on any atom is -0.425 e. The van der Waals surface area contributed by atoms with Crippen LogP contribution < -0.4 is 4.74 Å². The molecule has 0 aromatic heterocycles. The third kappa shape index (κ3) is 4.34. The fourth-order valence-electron chi connectivity index (χ4n) is 3.00. The van der Waals surface area contributed by atoms with Crippen LogP contribution in [0.2, 0.25) is 5.02 Å². The lowest BCUT2D eigenvalue weighted by molar-refractivity contribution is -0.140. The fourth-order valence-corrected chi connectivity index (χ4v) is 4.64. The fraction of sp³-hybridized carbons (Fsp3) is 0.316. The molecule has 3 rings (SSSR count). The Labute approximate surface area is 166 Å². The van der Waals surface area contributed by atoms with Gasteiger partial charge in [-0.25, -0.2) is 17.2 Å². The van der Waals surface area contributed by atoms with E-state index in [0.29, 0.717) is 11.1 Å². The molecule has 0 atom stereocenters. The molecule has 150 valence electrons. The van der Waals surface area contributed by atoms with E-state index in [1.54, 1.807) is 18.2 Å². The summed E-state index contributed by atoms with van der Waals surface area (Å²) in [7, 11) is -3.97. The van der Waals surface area contributed by atoms with Crippen LogP contribution in [0, 0.1) is 24.5 Å². The topological polar surface area (TPSA) is 63.7 Å². The Morgan fingerprint density at radius 1 is 1.11 bits per heavy atom. The average Bonchev–Trinajstić information content (AvgIpc) is 2.67. The molecule has 0 bridgehead atoms. The molecule has 1 saturated heterocycles. The Balaban J connectivity index is 1.65. The first-order valence-electron chi connectivity index (χ1n) is 8.61. The van der Waals surface area contributed by atoms with Gasteiger partial charge in [0.1, 0.15) is 5.75 Å². The van der Waals surface area contributed by atoms with Crippen LogP contribution in [0.4, 0.5) is 8.78 Å². The Morgan fingerprint density at radius 3 is 2.43 bits per heavy atom. The van der Waals surface area contributed by atoms with E-state index in [1.165, 1.54) is 0 Å². The molecule has 1 heterocycles. The van der Waals surface area contributed by atoms with Crippen molar-refractivity contribution in [1.82, 2.24) is 4.31 Å². The second kappa shape index (κ2) is 8.14. The van der Waals surface area contributed by atoms with Crippen LogP contribution in [0.25, 0.3) is 0 Å². The number of esters is 1. The highest BCUT2D eigenvalue weighted by Gasteiger charge is 2.33. The Bertz CT molecular complexity index is 1000. The summed E-state index contributed by atoms with van der Waals surface area (Å²) in [5, 5.41) is 0.317. The molecule has 1 aliphatic rings. The van der Waals surface area contributed by atoms with Crippen molar-refractivity contribution < 1.29 is 26.7 Å². The molecule has 0 spiro atoms. The Kier molecular flexibility index (Phi) is 6.02. The SMILES string of the molecule is Cc1ccc(Cl)c(OC(=O)C2CCN(S(=O)(=O)c3ccc(F)c(F)c3)CC2)c1. The van der Waals surface area contributed by atoms with Crippen molar-refractivity contribution in [1.29, 1.82) is 0 Å². The minimum absolute atomic E-state index is 0.0721. The van der Waals surface area contributed by atoms with Crippen molar-refractivity contribution in [2.45, 2.75) is 24.7 Å². The number of carbonyl (C=O) groups excluding carboxylic acids is 1. The van der Waals surface area contributed by atoms with Crippen molar-refractivity contribution in [3.8, 4) is 5.75 Å². The van der Waals surface area contributed by atoms with E-state index in [9.17, 15) is 22.0 Å². The summed E-state index contributed by atoms with van der Waals surface area (Å²) < 4.78 is 58.2. The molecule has 9 heteroatoms. The van der Waals surface area contributed by atoms with Crippen molar-refractivity contribution in [3.05, 3.63) is 58.6 Å². The maximum Gasteiger partial charge on any atom is 0.314 e. The van der Waals surface area contributed by atoms with E-state index in [0.717, 1.165) is 22.0 Å². The van der Waals surface area contributed by atoms with Crippen molar-refractivity contribution in [2.75, 3.05) is 13.1 Å². The molecular formula is C19H18ClF2NO4S. The monoisotopic (exact) mass is 429 g/mol. The summed E-state index contributed by atoms with van der Waals surface area (Å²) in [4.78, 5) is 12.1. The highest BCUT2D eigenvalue weighted by molar-refractivity contribution is 7.89. The van der Waals surface area contributed by atoms with Crippen molar-refractivity contribution >= 4 is 27.6 Å². The first kappa shape index (κ1) is 20.7. The van der Waals surface area contributed by atoms with E-state index in [4.69, 9.17) is 16.3 Å². The zero-order valence-electron chi connectivity index (χ0n) is 15.0. The summed E-state index contributed by atoms with van der Waals surface area (Å²) >= 11 is 6.03. The van der Waals surface area contributed by atoms with Gasteiger partial charge in [0.15, 0.2) is 11.6 Å². The molecular weight excluding hydrogens is 412 g/mol. The quantitative estimate of drug-likeness (QED) is 0.545. The second-order valence-corrected chi connectivity index (χ2v) is 8.95. The standard InChI is InChI=1S/C19H18ClF2NO4S/c1-12-2-4-15(20)18(10-12)27-19(24)13-6-8-23(9-7-13)28(25,26)14-3-5-16(21)17(22)11-14/h2-5,10-11,13H,6-9H2,1H3. The van der Waals surface area contributed by atoms with E-state index < -0.39 is 33.5 Å².